The fourth-order valence-electron chi connectivity index (χ4n) is 4.86. The van der Waals surface area contributed by atoms with E-state index >= 15 is 0 Å². The number of pyridine rings is 2. The Hall–Kier alpha value is -4.55. The van der Waals surface area contributed by atoms with Crippen molar-refractivity contribution in [3.63, 3.8) is 0 Å². The zero-order chi connectivity index (χ0) is 27.6. The summed E-state index contributed by atoms with van der Waals surface area (Å²) in [4.78, 5) is 8.35. The Morgan fingerprint density at radius 2 is 1.90 bits per heavy atom. The summed E-state index contributed by atoms with van der Waals surface area (Å²) in [5.41, 5.74) is 4.85. The highest BCUT2D eigenvalue weighted by atomic mass is 35.5. The molecule has 2 atom stereocenters. The average molecular weight is 553 g/mol. The molecular formula is C30H26ClFN8. The van der Waals surface area contributed by atoms with Crippen molar-refractivity contribution in [1.82, 2.24) is 25.0 Å². The molecule has 0 spiro atoms. The predicted molar refractivity (Wildman–Crippen MR) is 153 cm³/mol. The monoisotopic (exact) mass is 552 g/mol. The number of anilines is 2. The minimum atomic E-state index is -0.562. The summed E-state index contributed by atoms with van der Waals surface area (Å²) in [5, 5.41) is 26.9. The van der Waals surface area contributed by atoms with Crippen LogP contribution < -0.4 is 10.6 Å². The van der Waals surface area contributed by atoms with E-state index in [1.807, 2.05) is 35.1 Å². The number of fused-ring (bicyclic) bond motifs is 1. The molecule has 5 aromatic rings. The van der Waals surface area contributed by atoms with E-state index < -0.39 is 12.0 Å². The molecule has 8 nitrogen and oxygen atoms in total. The van der Waals surface area contributed by atoms with Crippen LogP contribution in [0, 0.1) is 17.3 Å². The third kappa shape index (κ3) is 5.18. The van der Waals surface area contributed by atoms with Crippen LogP contribution in [0.4, 0.5) is 15.8 Å². The normalized spacial score (nSPS) is 14.4. The number of rotatable bonds is 9. The Labute approximate surface area is 235 Å². The highest BCUT2D eigenvalue weighted by molar-refractivity contribution is 6.35. The lowest BCUT2D eigenvalue weighted by Gasteiger charge is -2.22. The Bertz CT molecular complexity index is 1690. The fraction of sp³-hybridized carbons (Fsp3) is 0.233. The molecule has 0 saturated heterocycles. The molecular weight excluding hydrogens is 527 g/mol. The predicted octanol–water partition coefficient (Wildman–Crippen LogP) is 6.99. The lowest BCUT2D eigenvalue weighted by molar-refractivity contribution is 0.581. The smallest absolute Gasteiger partial charge is 0.212 e. The van der Waals surface area contributed by atoms with E-state index in [0.717, 1.165) is 30.4 Å². The first-order chi connectivity index (χ1) is 19.5. The van der Waals surface area contributed by atoms with Gasteiger partial charge >= 0.3 is 0 Å². The molecule has 0 radical (unpaired) electrons. The maximum absolute atomic E-state index is 13.7. The van der Waals surface area contributed by atoms with Crippen LogP contribution in [0.15, 0.2) is 73.2 Å². The van der Waals surface area contributed by atoms with Crippen molar-refractivity contribution < 1.29 is 4.39 Å². The average Bonchev–Trinajstić information content (AvgIpc) is 3.72. The number of nitriles is 1. The number of halogens is 2. The van der Waals surface area contributed by atoms with Gasteiger partial charge in [0.25, 0.3) is 0 Å². The van der Waals surface area contributed by atoms with E-state index in [1.54, 1.807) is 18.3 Å². The molecule has 1 aliphatic rings. The summed E-state index contributed by atoms with van der Waals surface area (Å²) >= 11 is 6.76. The third-order valence-electron chi connectivity index (χ3n) is 7.11. The number of hydrogen-bond donors (Lipinski definition) is 2. The van der Waals surface area contributed by atoms with Crippen molar-refractivity contribution in [3.8, 4) is 6.07 Å². The number of nitrogens with zero attached hydrogens (tertiary/aromatic N) is 6. The number of benzene rings is 2. The van der Waals surface area contributed by atoms with Crippen LogP contribution in [0.3, 0.4) is 0 Å². The van der Waals surface area contributed by atoms with E-state index in [0.29, 0.717) is 44.6 Å². The largest absolute Gasteiger partial charge is 0.377 e. The molecule has 0 unspecified atom stereocenters. The van der Waals surface area contributed by atoms with Crippen LogP contribution in [0.25, 0.3) is 10.9 Å². The summed E-state index contributed by atoms with van der Waals surface area (Å²) in [6.07, 6.45) is 7.90. The van der Waals surface area contributed by atoms with Crippen LogP contribution in [-0.2, 0) is 0 Å². The quantitative estimate of drug-likeness (QED) is 0.190. The van der Waals surface area contributed by atoms with Crippen LogP contribution in [0.2, 0.25) is 5.02 Å². The first kappa shape index (κ1) is 25.7. The van der Waals surface area contributed by atoms with Crippen LogP contribution in [-0.4, -0.2) is 25.0 Å². The summed E-state index contributed by atoms with van der Waals surface area (Å²) in [6.45, 7) is 2.09. The van der Waals surface area contributed by atoms with E-state index in [4.69, 9.17) is 11.6 Å². The summed E-state index contributed by atoms with van der Waals surface area (Å²) < 4.78 is 15.5. The zero-order valence-electron chi connectivity index (χ0n) is 21.7. The summed E-state index contributed by atoms with van der Waals surface area (Å²) in [6, 6.07) is 18.9. The van der Waals surface area contributed by atoms with Crippen molar-refractivity contribution in [2.45, 2.75) is 44.3 Å². The van der Waals surface area contributed by atoms with Gasteiger partial charge < -0.3 is 10.6 Å². The molecule has 1 fully saturated rings. The van der Waals surface area contributed by atoms with Gasteiger partial charge in [0.05, 0.1) is 46.1 Å². The molecule has 0 amide bonds. The standard InChI is InChI=1S/C30H26ClFN8/c1-2-25(18-6-4-3-5-7-18)37-28-20(14-33)16-35-30-23(28)12-21(13-24(30)31)36-29(19-8-11-27(32)34-15-19)26-17-40(39-38-26)22-9-10-22/h3-8,11-13,15-17,22,25,29,36H,2,9-10H2,1H3,(H,35,37)/t25-,29-/m0/s1. The maximum Gasteiger partial charge on any atom is 0.212 e. The lowest BCUT2D eigenvalue weighted by Crippen LogP contribution is -2.14. The van der Waals surface area contributed by atoms with Gasteiger partial charge in [-0.05, 0) is 48.6 Å². The molecule has 0 aliphatic heterocycles. The first-order valence-electron chi connectivity index (χ1n) is 13.2. The van der Waals surface area contributed by atoms with Gasteiger partial charge in [-0.15, -0.1) is 5.10 Å². The second kappa shape index (κ2) is 10.9. The summed E-state index contributed by atoms with van der Waals surface area (Å²) in [7, 11) is 0. The second-order valence-electron chi connectivity index (χ2n) is 9.87. The van der Waals surface area contributed by atoms with E-state index in [2.05, 4.69) is 56.0 Å². The Morgan fingerprint density at radius 1 is 1.07 bits per heavy atom. The minimum absolute atomic E-state index is 0.0233. The van der Waals surface area contributed by atoms with Gasteiger partial charge in [0.2, 0.25) is 5.95 Å². The van der Waals surface area contributed by atoms with Gasteiger partial charge in [0.15, 0.2) is 0 Å². The molecule has 1 aliphatic carbocycles. The van der Waals surface area contributed by atoms with Crippen LogP contribution >= 0.6 is 11.6 Å². The Balaban J connectivity index is 1.42. The topological polar surface area (TPSA) is 104 Å². The van der Waals surface area contributed by atoms with Crippen LogP contribution in [0.1, 0.15) is 66.7 Å². The number of nitrogens with one attached hydrogen (secondary N) is 2. The van der Waals surface area contributed by atoms with E-state index in [9.17, 15) is 9.65 Å². The SMILES string of the molecule is CC[C@H](Nc1c(C#N)cnc2c(Cl)cc(N[C@@H](c3ccc(F)nc3)c3cn(C4CC4)nn3)cc12)c1ccccc1. The molecule has 10 heteroatoms. The van der Waals surface area contributed by atoms with Gasteiger partial charge in [0.1, 0.15) is 11.8 Å². The van der Waals surface area contributed by atoms with Crippen molar-refractivity contribution in [1.29, 1.82) is 5.26 Å². The third-order valence-corrected chi connectivity index (χ3v) is 7.40. The van der Waals surface area contributed by atoms with Gasteiger partial charge in [-0.1, -0.05) is 60.1 Å². The van der Waals surface area contributed by atoms with Crippen LogP contribution in [0.5, 0.6) is 0 Å². The highest BCUT2D eigenvalue weighted by Gasteiger charge is 2.27. The fourth-order valence-corrected chi connectivity index (χ4v) is 5.12. The van der Waals surface area contributed by atoms with E-state index in [1.165, 1.54) is 12.3 Å². The summed E-state index contributed by atoms with van der Waals surface area (Å²) in [5.74, 6) is -0.562. The molecule has 3 heterocycles. The second-order valence-corrected chi connectivity index (χ2v) is 10.3. The molecule has 3 aromatic heterocycles. The van der Waals surface area contributed by atoms with Crippen molar-refractivity contribution in [3.05, 3.63) is 107 Å². The van der Waals surface area contributed by atoms with E-state index in [-0.39, 0.29) is 6.04 Å². The first-order valence-corrected chi connectivity index (χ1v) is 13.6. The molecule has 2 N–H and O–H groups in total. The molecule has 200 valence electrons. The van der Waals surface area contributed by atoms with Gasteiger partial charge in [-0.25, -0.2) is 9.67 Å². The molecule has 1 saturated carbocycles. The van der Waals surface area contributed by atoms with Crippen molar-refractivity contribution in [2.75, 3.05) is 10.6 Å². The van der Waals surface area contributed by atoms with Gasteiger partial charge in [-0.2, -0.15) is 9.65 Å². The molecule has 40 heavy (non-hydrogen) atoms. The lowest BCUT2D eigenvalue weighted by atomic mass is 10.0. The van der Waals surface area contributed by atoms with Gasteiger partial charge in [0, 0.05) is 23.5 Å². The minimum Gasteiger partial charge on any atom is -0.377 e. The Kier molecular flexibility index (Phi) is 7.01. The van der Waals surface area contributed by atoms with Crippen molar-refractivity contribution >= 4 is 33.9 Å². The number of hydrogen-bond acceptors (Lipinski definition) is 7. The highest BCUT2D eigenvalue weighted by Crippen LogP contribution is 2.38. The Morgan fingerprint density at radius 3 is 2.60 bits per heavy atom. The van der Waals surface area contributed by atoms with Crippen molar-refractivity contribution in [2.24, 2.45) is 0 Å². The molecule has 0 bridgehead atoms. The maximum atomic E-state index is 13.7. The number of aromatic nitrogens is 5. The van der Waals surface area contributed by atoms with Gasteiger partial charge in [-0.3, -0.25) is 4.98 Å². The molecule has 6 rings (SSSR count). The molecule has 2 aromatic carbocycles. The zero-order valence-corrected chi connectivity index (χ0v) is 22.5.